The Balaban J connectivity index is 2.61. The van der Waals surface area contributed by atoms with E-state index in [0.717, 1.165) is 5.56 Å². The number of carbonyl (C=O) groups excluding carboxylic acids is 2. The van der Waals surface area contributed by atoms with E-state index in [2.05, 4.69) is 10.6 Å². The first-order chi connectivity index (χ1) is 10.8. The third-order valence-electron chi connectivity index (χ3n) is 3.32. The van der Waals surface area contributed by atoms with Gasteiger partial charge in [0.2, 0.25) is 5.91 Å². The Morgan fingerprint density at radius 2 is 1.91 bits per heavy atom. The second-order valence-corrected chi connectivity index (χ2v) is 6.27. The standard InChI is InChI=1S/C17H25ClN2O3/c1-5-23-17(22)20-15(11(2)3)16(21)19-12(4)9-13-7-6-8-14(18)10-13/h6-8,10-12,15H,5,9H2,1-4H3,(H,19,21)(H,20,22)/t12-,15+/m0/s1. The highest BCUT2D eigenvalue weighted by Crippen LogP contribution is 2.12. The van der Waals surface area contributed by atoms with E-state index < -0.39 is 12.1 Å². The topological polar surface area (TPSA) is 67.4 Å². The molecule has 5 nitrogen and oxygen atoms in total. The predicted molar refractivity (Wildman–Crippen MR) is 91.5 cm³/mol. The highest BCUT2D eigenvalue weighted by Gasteiger charge is 2.25. The maximum Gasteiger partial charge on any atom is 0.407 e. The SMILES string of the molecule is CCOC(=O)N[C@@H](C(=O)N[C@@H](C)Cc1cccc(Cl)c1)C(C)C. The van der Waals surface area contributed by atoms with E-state index in [1.807, 2.05) is 45.0 Å². The summed E-state index contributed by atoms with van der Waals surface area (Å²) < 4.78 is 4.84. The fourth-order valence-electron chi connectivity index (χ4n) is 2.24. The van der Waals surface area contributed by atoms with Crippen LogP contribution in [-0.2, 0) is 16.0 Å². The fourth-order valence-corrected chi connectivity index (χ4v) is 2.45. The minimum Gasteiger partial charge on any atom is -0.450 e. The molecule has 2 amide bonds. The van der Waals surface area contributed by atoms with Crippen LogP contribution in [0.15, 0.2) is 24.3 Å². The number of hydrogen-bond donors (Lipinski definition) is 2. The molecule has 0 aliphatic heterocycles. The van der Waals surface area contributed by atoms with Gasteiger partial charge < -0.3 is 15.4 Å². The molecule has 0 unspecified atom stereocenters. The van der Waals surface area contributed by atoms with Crippen molar-refractivity contribution in [3.8, 4) is 0 Å². The zero-order valence-electron chi connectivity index (χ0n) is 14.1. The van der Waals surface area contributed by atoms with Crippen molar-refractivity contribution >= 4 is 23.6 Å². The molecular formula is C17H25ClN2O3. The molecule has 0 heterocycles. The number of amides is 2. The van der Waals surface area contributed by atoms with Crippen LogP contribution in [0.3, 0.4) is 0 Å². The van der Waals surface area contributed by atoms with Crippen molar-refractivity contribution in [3.63, 3.8) is 0 Å². The molecular weight excluding hydrogens is 316 g/mol. The predicted octanol–water partition coefficient (Wildman–Crippen LogP) is 3.16. The van der Waals surface area contributed by atoms with Gasteiger partial charge in [-0.2, -0.15) is 0 Å². The molecule has 128 valence electrons. The second-order valence-electron chi connectivity index (χ2n) is 5.83. The molecule has 0 saturated heterocycles. The van der Waals surface area contributed by atoms with Crippen molar-refractivity contribution in [3.05, 3.63) is 34.9 Å². The number of alkyl carbamates (subject to hydrolysis) is 1. The van der Waals surface area contributed by atoms with Gasteiger partial charge in [-0.1, -0.05) is 37.6 Å². The van der Waals surface area contributed by atoms with Crippen molar-refractivity contribution in [1.29, 1.82) is 0 Å². The quantitative estimate of drug-likeness (QED) is 0.801. The van der Waals surface area contributed by atoms with E-state index in [1.165, 1.54) is 0 Å². The number of carbonyl (C=O) groups is 2. The largest absolute Gasteiger partial charge is 0.450 e. The maximum atomic E-state index is 12.4. The molecule has 0 saturated carbocycles. The third kappa shape index (κ3) is 6.91. The summed E-state index contributed by atoms with van der Waals surface area (Å²) in [6, 6.07) is 6.83. The number of hydrogen-bond acceptors (Lipinski definition) is 3. The van der Waals surface area contributed by atoms with Gasteiger partial charge in [-0.3, -0.25) is 4.79 Å². The van der Waals surface area contributed by atoms with Crippen LogP contribution in [0.1, 0.15) is 33.3 Å². The summed E-state index contributed by atoms with van der Waals surface area (Å²) in [5.74, 6) is -0.264. The third-order valence-corrected chi connectivity index (χ3v) is 3.55. The summed E-state index contributed by atoms with van der Waals surface area (Å²) in [5, 5.41) is 6.20. The minimum absolute atomic E-state index is 0.0437. The molecule has 0 aliphatic rings. The highest BCUT2D eigenvalue weighted by atomic mass is 35.5. The molecule has 0 radical (unpaired) electrons. The van der Waals surface area contributed by atoms with Crippen LogP contribution in [0.4, 0.5) is 4.79 Å². The first-order valence-corrected chi connectivity index (χ1v) is 8.19. The van der Waals surface area contributed by atoms with Crippen LogP contribution in [0.5, 0.6) is 0 Å². The Kier molecular flexibility index (Phi) is 7.89. The van der Waals surface area contributed by atoms with Gasteiger partial charge in [0.05, 0.1) is 6.61 Å². The average molecular weight is 341 g/mol. The molecule has 0 aliphatic carbocycles. The molecule has 1 aromatic carbocycles. The second kappa shape index (κ2) is 9.40. The van der Waals surface area contributed by atoms with Crippen molar-refractivity contribution in [1.82, 2.24) is 10.6 Å². The van der Waals surface area contributed by atoms with Crippen LogP contribution in [0, 0.1) is 5.92 Å². The monoisotopic (exact) mass is 340 g/mol. The van der Waals surface area contributed by atoms with Gasteiger partial charge in [0.15, 0.2) is 0 Å². The Morgan fingerprint density at radius 1 is 1.22 bits per heavy atom. The van der Waals surface area contributed by atoms with Gasteiger partial charge in [0.25, 0.3) is 0 Å². The maximum absolute atomic E-state index is 12.4. The lowest BCUT2D eigenvalue weighted by Gasteiger charge is -2.23. The number of halogens is 1. The van der Waals surface area contributed by atoms with Gasteiger partial charge in [0, 0.05) is 11.1 Å². The van der Waals surface area contributed by atoms with Gasteiger partial charge in [-0.05, 0) is 43.9 Å². The summed E-state index contributed by atoms with van der Waals surface area (Å²) in [4.78, 5) is 23.9. The highest BCUT2D eigenvalue weighted by molar-refractivity contribution is 6.30. The van der Waals surface area contributed by atoms with Crippen LogP contribution in [0.2, 0.25) is 5.02 Å². The number of benzene rings is 1. The van der Waals surface area contributed by atoms with Gasteiger partial charge in [-0.15, -0.1) is 0 Å². The van der Waals surface area contributed by atoms with Gasteiger partial charge in [-0.25, -0.2) is 4.79 Å². The van der Waals surface area contributed by atoms with Crippen molar-refractivity contribution < 1.29 is 14.3 Å². The molecule has 1 rings (SSSR count). The first-order valence-electron chi connectivity index (χ1n) is 7.81. The average Bonchev–Trinajstić information content (AvgIpc) is 2.44. The fraction of sp³-hybridized carbons (Fsp3) is 0.529. The Hall–Kier alpha value is -1.75. The van der Waals surface area contributed by atoms with Crippen LogP contribution >= 0.6 is 11.6 Å². The first kappa shape index (κ1) is 19.3. The minimum atomic E-state index is -0.629. The van der Waals surface area contributed by atoms with Gasteiger partial charge >= 0.3 is 6.09 Å². The zero-order valence-corrected chi connectivity index (χ0v) is 14.8. The summed E-state index contributed by atoms with van der Waals surface area (Å²) in [6.07, 6.45) is 0.0834. The normalized spacial score (nSPS) is 13.3. The Labute approximate surface area is 142 Å². The van der Waals surface area contributed by atoms with Crippen molar-refractivity contribution in [2.24, 2.45) is 5.92 Å². The molecule has 2 N–H and O–H groups in total. The lowest BCUT2D eigenvalue weighted by molar-refractivity contribution is -0.124. The number of rotatable bonds is 7. The van der Waals surface area contributed by atoms with Crippen LogP contribution < -0.4 is 10.6 Å². The molecule has 23 heavy (non-hydrogen) atoms. The van der Waals surface area contributed by atoms with E-state index in [0.29, 0.717) is 11.4 Å². The van der Waals surface area contributed by atoms with E-state index in [9.17, 15) is 9.59 Å². The lowest BCUT2D eigenvalue weighted by atomic mass is 10.0. The van der Waals surface area contributed by atoms with E-state index >= 15 is 0 Å². The summed E-state index contributed by atoms with van der Waals surface area (Å²) in [6.45, 7) is 7.65. The lowest BCUT2D eigenvalue weighted by Crippen LogP contribution is -2.52. The van der Waals surface area contributed by atoms with E-state index in [4.69, 9.17) is 16.3 Å². The molecule has 1 aromatic rings. The molecule has 2 atom stereocenters. The van der Waals surface area contributed by atoms with Gasteiger partial charge in [0.1, 0.15) is 6.04 Å². The molecule has 6 heteroatoms. The summed E-state index contributed by atoms with van der Waals surface area (Å²) in [5.41, 5.74) is 1.05. The zero-order chi connectivity index (χ0) is 17.4. The molecule has 0 fully saturated rings. The van der Waals surface area contributed by atoms with Crippen molar-refractivity contribution in [2.75, 3.05) is 6.61 Å². The van der Waals surface area contributed by atoms with E-state index in [1.54, 1.807) is 6.92 Å². The number of nitrogens with one attached hydrogen (secondary N) is 2. The summed E-state index contributed by atoms with van der Waals surface area (Å²) >= 11 is 5.96. The molecule has 0 spiro atoms. The Morgan fingerprint density at radius 3 is 2.48 bits per heavy atom. The molecule has 0 aromatic heterocycles. The summed E-state index contributed by atoms with van der Waals surface area (Å²) in [7, 11) is 0. The van der Waals surface area contributed by atoms with Crippen LogP contribution in [-0.4, -0.2) is 30.7 Å². The smallest absolute Gasteiger partial charge is 0.407 e. The van der Waals surface area contributed by atoms with Crippen LogP contribution in [0.25, 0.3) is 0 Å². The molecule has 0 bridgehead atoms. The Bertz CT molecular complexity index is 534. The van der Waals surface area contributed by atoms with Crippen molar-refractivity contribution in [2.45, 2.75) is 46.2 Å². The number of ether oxygens (including phenoxy) is 1. The van der Waals surface area contributed by atoms with E-state index in [-0.39, 0.29) is 24.5 Å².